The maximum Gasteiger partial charge on any atom is 0.302 e. The van der Waals surface area contributed by atoms with Crippen molar-refractivity contribution in [1.82, 2.24) is 4.98 Å². The second-order valence-corrected chi connectivity index (χ2v) is 9.34. The third-order valence-electron chi connectivity index (χ3n) is 6.04. The molecule has 2 heterocycles. The van der Waals surface area contributed by atoms with E-state index < -0.39 is 0 Å². The second-order valence-electron chi connectivity index (χ2n) is 8.49. The molecule has 3 aromatic rings. The van der Waals surface area contributed by atoms with Gasteiger partial charge in [-0.05, 0) is 73.2 Å². The van der Waals surface area contributed by atoms with Crippen LogP contribution in [0.3, 0.4) is 0 Å². The molecule has 1 aromatic heterocycles. The molecule has 4 rings (SSSR count). The smallest absolute Gasteiger partial charge is 0.302 e. The lowest BCUT2D eigenvalue weighted by molar-refractivity contribution is -0.141. The van der Waals surface area contributed by atoms with Crippen LogP contribution in [0.4, 0.5) is 11.5 Å². The van der Waals surface area contributed by atoms with Crippen molar-refractivity contribution in [1.29, 1.82) is 0 Å². The lowest BCUT2D eigenvalue weighted by Gasteiger charge is -2.24. The van der Waals surface area contributed by atoms with Crippen molar-refractivity contribution in [3.63, 3.8) is 0 Å². The molecule has 0 saturated heterocycles. The zero-order chi connectivity index (χ0) is 25.7. The highest BCUT2D eigenvalue weighted by atomic mass is 35.5. The Labute approximate surface area is 219 Å². The monoisotopic (exact) mass is 525 g/mol. The number of aromatic nitrogens is 1. The van der Waals surface area contributed by atoms with E-state index in [-0.39, 0.29) is 23.7 Å². The Hall–Kier alpha value is -3.42. The molecule has 1 N–H and O–H groups in total. The van der Waals surface area contributed by atoms with Crippen LogP contribution in [-0.2, 0) is 9.53 Å². The lowest BCUT2D eigenvalue weighted by Crippen LogP contribution is -2.32. The van der Waals surface area contributed by atoms with Crippen molar-refractivity contribution in [3.05, 3.63) is 87.5 Å². The van der Waals surface area contributed by atoms with Crippen molar-refractivity contribution in [2.24, 2.45) is 0 Å². The van der Waals surface area contributed by atoms with E-state index in [0.717, 1.165) is 24.1 Å². The number of ether oxygens (including phenoxy) is 1. The number of nitrogens with one attached hydrogen (secondary N) is 1. The van der Waals surface area contributed by atoms with Gasteiger partial charge in [0.15, 0.2) is 0 Å². The summed E-state index contributed by atoms with van der Waals surface area (Å²) in [7, 11) is 0. The van der Waals surface area contributed by atoms with Crippen molar-refractivity contribution in [2.45, 2.75) is 32.1 Å². The molecule has 2 aromatic carbocycles. The van der Waals surface area contributed by atoms with Gasteiger partial charge in [0, 0.05) is 30.4 Å². The van der Waals surface area contributed by atoms with Gasteiger partial charge in [-0.3, -0.25) is 14.4 Å². The summed E-state index contributed by atoms with van der Waals surface area (Å²) in [6.45, 7) is 2.23. The molecular weight excluding hydrogens is 501 g/mol. The number of halogens is 2. The number of benzene rings is 2. The van der Waals surface area contributed by atoms with Gasteiger partial charge in [0.2, 0.25) is 0 Å². The Morgan fingerprint density at radius 1 is 1.11 bits per heavy atom. The normalized spacial score (nSPS) is 15.0. The Kier molecular flexibility index (Phi) is 8.23. The molecule has 1 aliphatic heterocycles. The highest BCUT2D eigenvalue weighted by Gasteiger charge is 2.28. The van der Waals surface area contributed by atoms with Crippen LogP contribution in [-0.4, -0.2) is 35.9 Å². The summed E-state index contributed by atoms with van der Waals surface area (Å²) in [4.78, 5) is 43.2. The quantitative estimate of drug-likeness (QED) is 0.391. The molecule has 2 amide bonds. The summed E-state index contributed by atoms with van der Waals surface area (Å²) >= 11 is 12.4. The Bertz CT molecular complexity index is 1280. The zero-order valence-corrected chi connectivity index (χ0v) is 21.2. The van der Waals surface area contributed by atoms with Crippen molar-refractivity contribution >= 4 is 52.5 Å². The molecular formula is C27H25Cl2N3O4. The predicted molar refractivity (Wildman–Crippen MR) is 140 cm³/mol. The largest absolute Gasteiger partial charge is 0.466 e. The van der Waals surface area contributed by atoms with Gasteiger partial charge >= 0.3 is 5.97 Å². The van der Waals surface area contributed by atoms with Gasteiger partial charge in [0.25, 0.3) is 11.8 Å². The average Bonchev–Trinajstić information content (AvgIpc) is 3.03. The van der Waals surface area contributed by atoms with Gasteiger partial charge in [-0.15, -0.1) is 0 Å². The van der Waals surface area contributed by atoms with E-state index in [0.29, 0.717) is 46.6 Å². The van der Waals surface area contributed by atoms with E-state index in [2.05, 4.69) is 10.3 Å². The number of hydrogen-bond acceptors (Lipinski definition) is 5. The molecule has 1 unspecified atom stereocenters. The standard InChI is InChI=1S/C27H25Cl2N3O4/c1-17(33)36-14-12-18-5-4-13-32(24-10-9-20(28)15-22(18)24)27(35)19-8-11-25(30-16-19)31-26(34)21-6-2-3-7-23(21)29/h2-3,6-11,15-16,18H,4-5,12-14H2,1H3,(H,30,31,34). The fourth-order valence-electron chi connectivity index (χ4n) is 4.30. The molecule has 0 aliphatic carbocycles. The maximum absolute atomic E-state index is 13.5. The summed E-state index contributed by atoms with van der Waals surface area (Å²) in [5, 5.41) is 3.62. The predicted octanol–water partition coefficient (Wildman–Crippen LogP) is 6.12. The first-order valence-electron chi connectivity index (χ1n) is 11.6. The molecule has 36 heavy (non-hydrogen) atoms. The molecule has 7 nitrogen and oxygen atoms in total. The fourth-order valence-corrected chi connectivity index (χ4v) is 4.71. The summed E-state index contributed by atoms with van der Waals surface area (Å²) in [5.74, 6) is -0.479. The number of esters is 1. The van der Waals surface area contributed by atoms with Crippen LogP contribution in [0.2, 0.25) is 10.0 Å². The van der Waals surface area contributed by atoms with Crippen LogP contribution in [0.15, 0.2) is 60.8 Å². The van der Waals surface area contributed by atoms with E-state index in [1.807, 2.05) is 12.1 Å². The van der Waals surface area contributed by atoms with Gasteiger partial charge in [-0.25, -0.2) is 4.98 Å². The SMILES string of the molecule is CC(=O)OCCC1CCCN(C(=O)c2ccc(NC(=O)c3ccccc3Cl)nc2)c2ccc(Cl)cc21. The number of nitrogens with zero attached hydrogens (tertiary/aromatic N) is 2. The lowest BCUT2D eigenvalue weighted by atomic mass is 9.91. The number of carbonyl (C=O) groups is 3. The first kappa shape index (κ1) is 25.7. The molecule has 9 heteroatoms. The Balaban J connectivity index is 1.52. The van der Waals surface area contributed by atoms with Crippen LogP contribution in [0.5, 0.6) is 0 Å². The molecule has 1 atom stereocenters. The van der Waals surface area contributed by atoms with Crippen LogP contribution >= 0.6 is 23.2 Å². The van der Waals surface area contributed by atoms with Crippen molar-refractivity contribution in [2.75, 3.05) is 23.4 Å². The van der Waals surface area contributed by atoms with Crippen molar-refractivity contribution < 1.29 is 19.1 Å². The molecule has 0 fully saturated rings. The number of pyridine rings is 1. The Morgan fingerprint density at radius 3 is 2.64 bits per heavy atom. The van der Waals surface area contributed by atoms with E-state index >= 15 is 0 Å². The number of fused-ring (bicyclic) bond motifs is 1. The third kappa shape index (κ3) is 6.04. The molecule has 0 spiro atoms. The number of amides is 2. The van der Waals surface area contributed by atoms with Crippen LogP contribution in [0.1, 0.15) is 58.4 Å². The van der Waals surface area contributed by atoms with Crippen LogP contribution in [0, 0.1) is 0 Å². The number of carbonyl (C=O) groups excluding carboxylic acids is 3. The minimum atomic E-state index is -0.384. The second kappa shape index (κ2) is 11.5. The van der Waals surface area contributed by atoms with Gasteiger partial charge in [0.05, 0.1) is 22.8 Å². The van der Waals surface area contributed by atoms with Gasteiger partial charge in [0.1, 0.15) is 5.82 Å². The first-order chi connectivity index (χ1) is 17.3. The topological polar surface area (TPSA) is 88.6 Å². The Morgan fingerprint density at radius 2 is 1.92 bits per heavy atom. The molecule has 1 aliphatic rings. The maximum atomic E-state index is 13.5. The van der Waals surface area contributed by atoms with E-state index in [4.69, 9.17) is 27.9 Å². The summed E-state index contributed by atoms with van der Waals surface area (Å²) in [5.41, 5.74) is 2.47. The minimum Gasteiger partial charge on any atom is -0.466 e. The first-order valence-corrected chi connectivity index (χ1v) is 12.4. The zero-order valence-electron chi connectivity index (χ0n) is 19.7. The highest BCUT2D eigenvalue weighted by molar-refractivity contribution is 6.34. The average molecular weight is 526 g/mol. The van der Waals surface area contributed by atoms with Crippen LogP contribution < -0.4 is 10.2 Å². The highest BCUT2D eigenvalue weighted by Crippen LogP contribution is 2.38. The van der Waals surface area contributed by atoms with E-state index in [1.54, 1.807) is 47.4 Å². The number of hydrogen-bond donors (Lipinski definition) is 1. The molecule has 0 radical (unpaired) electrons. The fraction of sp³-hybridized carbons (Fsp3) is 0.259. The van der Waals surface area contributed by atoms with Crippen LogP contribution in [0.25, 0.3) is 0 Å². The van der Waals surface area contributed by atoms with Gasteiger partial charge < -0.3 is 15.0 Å². The third-order valence-corrected chi connectivity index (χ3v) is 6.61. The summed E-state index contributed by atoms with van der Waals surface area (Å²) in [6, 6.07) is 15.5. The molecule has 0 saturated carbocycles. The van der Waals surface area contributed by atoms with Crippen molar-refractivity contribution in [3.8, 4) is 0 Å². The summed E-state index contributed by atoms with van der Waals surface area (Å²) in [6.07, 6.45) is 3.71. The van der Waals surface area contributed by atoms with E-state index in [1.165, 1.54) is 13.1 Å². The molecule has 186 valence electrons. The van der Waals surface area contributed by atoms with Gasteiger partial charge in [-0.2, -0.15) is 0 Å². The molecule has 0 bridgehead atoms. The summed E-state index contributed by atoms with van der Waals surface area (Å²) < 4.78 is 5.15. The number of anilines is 2. The van der Waals surface area contributed by atoms with E-state index in [9.17, 15) is 14.4 Å². The van der Waals surface area contributed by atoms with Gasteiger partial charge in [-0.1, -0.05) is 35.3 Å². The minimum absolute atomic E-state index is 0.108. The number of rotatable bonds is 6.